The minimum absolute atomic E-state index is 0.0162. The molecule has 0 saturated heterocycles. The minimum atomic E-state index is -9.50. The molecule has 0 aromatic carbocycles. The molecule has 0 rings (SSSR count). The summed E-state index contributed by atoms with van der Waals surface area (Å²) in [5, 5.41) is 0. The standard InChI is InChI=1S/C36H51F23O2S/c1-4-7-10-13-16-19-22-62(23-20-17-14-11-8-5-2,24-21-18-15-12-9-6-3)61-25(60)26(37,38)27(39,40)28(41,42)29(43,44)30(45,46)31(47,48)32(49,50)33(51,52)34(53,54)35(55,56)36(57,58)59/h4-24H2,1-3H3. The molecule has 0 aliphatic heterocycles. The lowest BCUT2D eigenvalue weighted by molar-refractivity contribution is -0.477. The Morgan fingerprint density at radius 2 is 0.532 bits per heavy atom. The predicted molar refractivity (Wildman–Crippen MR) is 184 cm³/mol. The maximum atomic E-state index is 15.2. The lowest BCUT2D eigenvalue weighted by atomic mass is 9.85. The highest BCUT2D eigenvalue weighted by Crippen LogP contribution is 2.67. The van der Waals surface area contributed by atoms with Crippen LogP contribution in [-0.2, 0) is 8.98 Å². The van der Waals surface area contributed by atoms with Crippen molar-refractivity contribution in [3.63, 3.8) is 0 Å². The van der Waals surface area contributed by atoms with E-state index < -0.39 is 81.7 Å². The van der Waals surface area contributed by atoms with E-state index in [9.17, 15) is 97.0 Å². The van der Waals surface area contributed by atoms with Gasteiger partial charge in [-0.1, -0.05) is 127 Å². The molecule has 2 nitrogen and oxygen atoms in total. The van der Waals surface area contributed by atoms with Crippen LogP contribution < -0.4 is 0 Å². The minimum Gasteiger partial charge on any atom is -0.411 e. The van der Waals surface area contributed by atoms with Gasteiger partial charge in [-0.05, 0) is 19.3 Å². The average Bonchev–Trinajstić information content (AvgIpc) is 3.14. The summed E-state index contributed by atoms with van der Waals surface area (Å²) in [6.45, 7) is 5.54. The fourth-order valence-corrected chi connectivity index (χ4v) is 9.44. The van der Waals surface area contributed by atoms with E-state index >= 15 is 8.78 Å². The van der Waals surface area contributed by atoms with Gasteiger partial charge in [-0.2, -0.15) is 101 Å². The molecule has 0 aliphatic carbocycles. The predicted octanol–water partition coefficient (Wildman–Crippen LogP) is 16.2. The Bertz CT molecular complexity index is 1310. The molecule has 0 aromatic rings. The first kappa shape index (κ1) is 60.2. The lowest BCUT2D eigenvalue weighted by Gasteiger charge is -2.45. The second-order valence-electron chi connectivity index (χ2n) is 15.0. The first-order chi connectivity index (χ1) is 27.8. The van der Waals surface area contributed by atoms with E-state index in [1.165, 1.54) is 0 Å². The van der Waals surface area contributed by atoms with Crippen LogP contribution in [-0.4, -0.2) is 88.6 Å². The van der Waals surface area contributed by atoms with Crippen molar-refractivity contribution in [3.05, 3.63) is 0 Å². The molecular weight excluding hydrogens is 933 g/mol. The van der Waals surface area contributed by atoms with Crippen LogP contribution in [0.4, 0.5) is 101 Å². The molecule has 0 aromatic heterocycles. The molecule has 0 bridgehead atoms. The largest absolute Gasteiger partial charge is 0.460 e. The number of hydrogen-bond donors (Lipinski definition) is 0. The van der Waals surface area contributed by atoms with Gasteiger partial charge in [-0.15, -0.1) is 0 Å². The van der Waals surface area contributed by atoms with Crippen LogP contribution >= 0.6 is 10.3 Å². The Morgan fingerprint density at radius 1 is 0.323 bits per heavy atom. The molecule has 26 heteroatoms. The van der Waals surface area contributed by atoms with Gasteiger partial charge in [-0.25, -0.2) is 4.79 Å². The van der Waals surface area contributed by atoms with Gasteiger partial charge < -0.3 is 4.18 Å². The molecule has 0 aliphatic rings. The summed E-state index contributed by atoms with van der Waals surface area (Å²) in [6.07, 6.45) is 0.640. The van der Waals surface area contributed by atoms with Gasteiger partial charge in [0.2, 0.25) is 0 Å². The third-order valence-corrected chi connectivity index (χ3v) is 13.6. The van der Waals surface area contributed by atoms with Gasteiger partial charge in [0.15, 0.2) is 0 Å². The molecule has 0 N–H and O–H groups in total. The van der Waals surface area contributed by atoms with Gasteiger partial charge >= 0.3 is 71.4 Å². The van der Waals surface area contributed by atoms with Crippen LogP contribution in [0.25, 0.3) is 0 Å². The highest BCUT2D eigenvalue weighted by Gasteiger charge is 2.99. The van der Waals surface area contributed by atoms with Crippen LogP contribution in [0.1, 0.15) is 136 Å². The number of carbonyl (C=O) groups is 1. The van der Waals surface area contributed by atoms with E-state index in [0.717, 1.165) is 38.5 Å². The lowest BCUT2D eigenvalue weighted by Crippen LogP contribution is -2.78. The van der Waals surface area contributed by atoms with Gasteiger partial charge in [-0.3, -0.25) is 0 Å². The Hall–Kier alpha value is -1.79. The molecule has 0 atom stereocenters. The average molecular weight is 985 g/mol. The van der Waals surface area contributed by atoms with Crippen molar-refractivity contribution in [2.24, 2.45) is 0 Å². The molecule has 62 heavy (non-hydrogen) atoms. The van der Waals surface area contributed by atoms with Gasteiger partial charge in [0.1, 0.15) is 0 Å². The number of rotatable bonds is 32. The zero-order valence-corrected chi connectivity index (χ0v) is 34.6. The van der Waals surface area contributed by atoms with Crippen molar-refractivity contribution < 1.29 is 110 Å². The summed E-state index contributed by atoms with van der Waals surface area (Å²) in [5.74, 6) is -94.6. The number of halogens is 23. The normalized spacial score (nSPS) is 15.3. The molecule has 0 heterocycles. The van der Waals surface area contributed by atoms with Gasteiger partial charge in [0, 0.05) is 17.3 Å². The summed E-state index contributed by atoms with van der Waals surface area (Å²) < 4.78 is 327. The fourth-order valence-electron chi connectivity index (χ4n) is 5.96. The third-order valence-electron chi connectivity index (χ3n) is 10.0. The number of unbranched alkanes of at least 4 members (excludes halogenated alkanes) is 15. The van der Waals surface area contributed by atoms with Crippen LogP contribution in [0.5, 0.6) is 0 Å². The monoisotopic (exact) mass is 984 g/mol. The summed E-state index contributed by atoms with van der Waals surface area (Å²) >= 11 is 0. The van der Waals surface area contributed by atoms with Crippen LogP contribution in [0.2, 0.25) is 0 Å². The van der Waals surface area contributed by atoms with E-state index in [0.29, 0.717) is 57.8 Å². The first-order valence-electron chi connectivity index (χ1n) is 19.7. The smallest absolute Gasteiger partial charge is 0.411 e. The van der Waals surface area contributed by atoms with E-state index in [4.69, 9.17) is 4.18 Å². The highest BCUT2D eigenvalue weighted by atomic mass is 32.3. The van der Waals surface area contributed by atoms with Crippen LogP contribution in [0, 0.1) is 0 Å². The van der Waals surface area contributed by atoms with Crippen molar-refractivity contribution in [2.75, 3.05) is 17.3 Å². The fraction of sp³-hybridized carbons (Fsp3) is 0.972. The SMILES string of the molecule is CCCCCCCCS(CCCCCCCC)(CCCCCCCC)OC(=O)C(F)(F)C(F)(F)C(F)(F)C(F)(F)C(F)(F)C(F)(F)C(F)(F)C(F)(F)C(F)(F)C(F)(F)C(F)(F)F. The van der Waals surface area contributed by atoms with Crippen LogP contribution in [0.15, 0.2) is 0 Å². The molecule has 0 fully saturated rings. The van der Waals surface area contributed by atoms with Crippen molar-refractivity contribution >= 4 is 16.3 Å². The van der Waals surface area contributed by atoms with E-state index in [-0.39, 0.29) is 36.5 Å². The number of alkyl halides is 23. The molecule has 0 spiro atoms. The van der Waals surface area contributed by atoms with Crippen molar-refractivity contribution in [1.82, 2.24) is 0 Å². The first-order valence-corrected chi connectivity index (χ1v) is 21.7. The second kappa shape index (κ2) is 22.1. The van der Waals surface area contributed by atoms with Gasteiger partial charge in [0.05, 0.1) is 0 Å². The van der Waals surface area contributed by atoms with Crippen molar-refractivity contribution in [1.29, 1.82) is 0 Å². The summed E-state index contributed by atoms with van der Waals surface area (Å²) in [4.78, 5) is 12.8. The van der Waals surface area contributed by atoms with E-state index in [1.54, 1.807) is 0 Å². The topological polar surface area (TPSA) is 26.3 Å². The Morgan fingerprint density at radius 3 is 0.774 bits per heavy atom. The van der Waals surface area contributed by atoms with E-state index in [2.05, 4.69) is 0 Å². The number of hydrogen-bond acceptors (Lipinski definition) is 2. The summed E-state index contributed by atoms with van der Waals surface area (Å²) in [5.41, 5.74) is 0. The zero-order valence-electron chi connectivity index (χ0n) is 33.8. The highest BCUT2D eigenvalue weighted by molar-refractivity contribution is 8.30. The van der Waals surface area contributed by atoms with Crippen molar-refractivity contribution in [3.8, 4) is 0 Å². The summed E-state index contributed by atoms with van der Waals surface area (Å²) in [6, 6.07) is 0. The maximum Gasteiger partial charge on any atom is 0.460 e. The molecular formula is C36H51F23O2S. The Kier molecular flexibility index (Phi) is 21.5. The van der Waals surface area contributed by atoms with Gasteiger partial charge in [0.25, 0.3) is 0 Å². The third kappa shape index (κ3) is 12.0. The molecule has 0 amide bonds. The zero-order chi connectivity index (χ0) is 49.1. The molecule has 0 saturated carbocycles. The number of carbonyl (C=O) groups excluding carboxylic acids is 1. The van der Waals surface area contributed by atoms with Crippen LogP contribution in [0.3, 0.4) is 0 Å². The van der Waals surface area contributed by atoms with Crippen molar-refractivity contribution in [2.45, 2.75) is 202 Å². The second-order valence-corrected chi connectivity index (χ2v) is 18.3. The quantitative estimate of drug-likeness (QED) is 0.0496. The maximum absolute atomic E-state index is 15.2. The summed E-state index contributed by atoms with van der Waals surface area (Å²) in [7, 11) is -3.48. The Balaban J connectivity index is 7.25. The van der Waals surface area contributed by atoms with E-state index in [1.807, 2.05) is 20.8 Å². The Labute approximate surface area is 345 Å². The molecule has 0 radical (unpaired) electrons. The molecule has 374 valence electrons. The molecule has 0 unspecified atom stereocenters.